The number of benzene rings is 1. The van der Waals surface area contributed by atoms with Gasteiger partial charge in [-0.1, -0.05) is 28.6 Å². The average molecular weight is 249 g/mol. The highest BCUT2D eigenvalue weighted by Crippen LogP contribution is 2.21. The molecule has 0 aliphatic carbocycles. The van der Waals surface area contributed by atoms with Crippen LogP contribution in [0.2, 0.25) is 0 Å². The van der Waals surface area contributed by atoms with Crippen molar-refractivity contribution >= 4 is 15.9 Å². The first-order valence-corrected chi connectivity index (χ1v) is 4.30. The molecule has 0 heterocycles. The molecule has 1 aromatic carbocycles. The van der Waals surface area contributed by atoms with E-state index in [9.17, 15) is 8.78 Å². The molecule has 0 atom stereocenters. The molecule has 0 spiro atoms. The van der Waals surface area contributed by atoms with Gasteiger partial charge in [-0.05, 0) is 12.1 Å². The third-order valence-electron chi connectivity index (χ3n) is 1.29. The molecule has 0 bridgehead atoms. The van der Waals surface area contributed by atoms with Crippen molar-refractivity contribution < 1.29 is 13.5 Å². The second-order valence-electron chi connectivity index (χ2n) is 2.36. The van der Waals surface area contributed by atoms with Crippen LogP contribution in [0, 0.1) is 11.6 Å². The molecular formula is C9H7BrF2O. The van der Waals surface area contributed by atoms with Crippen LogP contribution >= 0.6 is 15.9 Å². The molecule has 0 amide bonds. The SMILES string of the molecule is C=C(Br)COc1c(F)cccc1F. The molecule has 0 aliphatic rings. The fourth-order valence-electron chi connectivity index (χ4n) is 0.771. The van der Waals surface area contributed by atoms with Gasteiger partial charge in [0.15, 0.2) is 17.4 Å². The molecule has 70 valence electrons. The van der Waals surface area contributed by atoms with E-state index >= 15 is 0 Å². The summed E-state index contributed by atoms with van der Waals surface area (Å²) in [5.41, 5.74) is 0. The summed E-state index contributed by atoms with van der Waals surface area (Å²) in [5, 5.41) is 0. The van der Waals surface area contributed by atoms with Crippen molar-refractivity contribution in [1.82, 2.24) is 0 Å². The maximum Gasteiger partial charge on any atom is 0.191 e. The summed E-state index contributed by atoms with van der Waals surface area (Å²) >= 11 is 3.02. The van der Waals surface area contributed by atoms with Gasteiger partial charge in [0.2, 0.25) is 0 Å². The van der Waals surface area contributed by atoms with E-state index in [4.69, 9.17) is 4.74 Å². The van der Waals surface area contributed by atoms with Crippen molar-refractivity contribution in [1.29, 1.82) is 0 Å². The second kappa shape index (κ2) is 4.37. The van der Waals surface area contributed by atoms with E-state index < -0.39 is 11.6 Å². The monoisotopic (exact) mass is 248 g/mol. The molecule has 13 heavy (non-hydrogen) atoms. The Morgan fingerprint density at radius 1 is 1.38 bits per heavy atom. The van der Waals surface area contributed by atoms with Crippen LogP contribution in [0.3, 0.4) is 0 Å². The Bertz CT molecular complexity index is 305. The minimum Gasteiger partial charge on any atom is -0.482 e. The van der Waals surface area contributed by atoms with Crippen molar-refractivity contribution in [3.63, 3.8) is 0 Å². The Morgan fingerprint density at radius 3 is 2.38 bits per heavy atom. The largest absolute Gasteiger partial charge is 0.482 e. The number of hydrogen-bond acceptors (Lipinski definition) is 1. The van der Waals surface area contributed by atoms with Gasteiger partial charge in [0.1, 0.15) is 6.61 Å². The highest BCUT2D eigenvalue weighted by molar-refractivity contribution is 9.11. The lowest BCUT2D eigenvalue weighted by atomic mass is 10.3. The highest BCUT2D eigenvalue weighted by atomic mass is 79.9. The molecule has 0 saturated heterocycles. The lowest BCUT2D eigenvalue weighted by Gasteiger charge is -2.06. The van der Waals surface area contributed by atoms with Crippen LogP contribution in [-0.4, -0.2) is 6.61 Å². The van der Waals surface area contributed by atoms with Gasteiger partial charge in [-0.3, -0.25) is 0 Å². The molecule has 1 rings (SSSR count). The fourth-order valence-corrected chi connectivity index (χ4v) is 0.885. The van der Waals surface area contributed by atoms with Crippen LogP contribution in [0.25, 0.3) is 0 Å². The van der Waals surface area contributed by atoms with Gasteiger partial charge in [0, 0.05) is 4.48 Å². The summed E-state index contributed by atoms with van der Waals surface area (Å²) in [6.07, 6.45) is 0. The molecule has 1 aromatic rings. The number of para-hydroxylation sites is 1. The zero-order valence-electron chi connectivity index (χ0n) is 6.69. The van der Waals surface area contributed by atoms with Crippen molar-refractivity contribution in [3.05, 3.63) is 40.9 Å². The Morgan fingerprint density at radius 2 is 1.92 bits per heavy atom. The van der Waals surface area contributed by atoms with E-state index in [2.05, 4.69) is 22.5 Å². The summed E-state index contributed by atoms with van der Waals surface area (Å²) in [5.74, 6) is -1.80. The summed E-state index contributed by atoms with van der Waals surface area (Å²) in [7, 11) is 0. The number of hydrogen-bond donors (Lipinski definition) is 0. The molecule has 0 radical (unpaired) electrons. The predicted molar refractivity (Wildman–Crippen MR) is 49.9 cm³/mol. The van der Waals surface area contributed by atoms with Crippen LogP contribution in [0.1, 0.15) is 0 Å². The van der Waals surface area contributed by atoms with Gasteiger partial charge in [-0.15, -0.1) is 0 Å². The quantitative estimate of drug-likeness (QED) is 0.798. The Balaban J connectivity index is 2.81. The maximum absolute atomic E-state index is 12.9. The van der Waals surface area contributed by atoms with E-state index in [0.717, 1.165) is 12.1 Å². The standard InChI is InChI=1S/C9H7BrF2O/c1-6(10)5-13-9-7(11)3-2-4-8(9)12/h2-4H,1,5H2. The number of ether oxygens (including phenoxy) is 1. The zero-order chi connectivity index (χ0) is 9.84. The van der Waals surface area contributed by atoms with Crippen LogP contribution in [0.5, 0.6) is 5.75 Å². The van der Waals surface area contributed by atoms with E-state index in [0.29, 0.717) is 4.48 Å². The van der Waals surface area contributed by atoms with Crippen molar-refractivity contribution in [2.45, 2.75) is 0 Å². The number of rotatable bonds is 3. The van der Waals surface area contributed by atoms with Gasteiger partial charge in [0.25, 0.3) is 0 Å². The van der Waals surface area contributed by atoms with Gasteiger partial charge >= 0.3 is 0 Å². The summed E-state index contributed by atoms with van der Waals surface area (Å²) in [4.78, 5) is 0. The van der Waals surface area contributed by atoms with Crippen molar-refractivity contribution in [3.8, 4) is 5.75 Å². The van der Waals surface area contributed by atoms with Crippen molar-refractivity contribution in [2.24, 2.45) is 0 Å². The van der Waals surface area contributed by atoms with E-state index in [1.165, 1.54) is 6.07 Å². The fraction of sp³-hybridized carbons (Fsp3) is 0.111. The lowest BCUT2D eigenvalue weighted by molar-refractivity contribution is 0.319. The zero-order valence-corrected chi connectivity index (χ0v) is 8.27. The minimum atomic E-state index is -0.714. The van der Waals surface area contributed by atoms with Crippen LogP contribution < -0.4 is 4.74 Å². The van der Waals surface area contributed by atoms with Crippen molar-refractivity contribution in [2.75, 3.05) is 6.61 Å². The van der Waals surface area contributed by atoms with Gasteiger partial charge in [0.05, 0.1) is 0 Å². The predicted octanol–water partition coefficient (Wildman–Crippen LogP) is 3.25. The Kier molecular flexibility index (Phi) is 3.42. The summed E-state index contributed by atoms with van der Waals surface area (Å²) in [6, 6.07) is 3.55. The molecule has 0 aromatic heterocycles. The molecule has 4 heteroatoms. The second-order valence-corrected chi connectivity index (χ2v) is 3.48. The first-order valence-electron chi connectivity index (χ1n) is 3.51. The molecule has 0 saturated carbocycles. The number of halogens is 3. The Hall–Kier alpha value is -0.900. The van der Waals surface area contributed by atoms with Crippen LogP contribution in [0.15, 0.2) is 29.3 Å². The normalized spacial score (nSPS) is 9.77. The van der Waals surface area contributed by atoms with E-state index in [1.54, 1.807) is 0 Å². The van der Waals surface area contributed by atoms with Gasteiger partial charge in [-0.25, -0.2) is 8.78 Å². The van der Waals surface area contributed by atoms with Crippen LogP contribution in [0.4, 0.5) is 8.78 Å². The van der Waals surface area contributed by atoms with Gasteiger partial charge in [-0.2, -0.15) is 0 Å². The smallest absolute Gasteiger partial charge is 0.191 e. The molecule has 0 N–H and O–H groups in total. The molecule has 0 fully saturated rings. The van der Waals surface area contributed by atoms with Crippen LogP contribution in [-0.2, 0) is 0 Å². The third-order valence-corrected chi connectivity index (χ3v) is 1.52. The lowest BCUT2D eigenvalue weighted by Crippen LogP contribution is -2.00. The molecule has 1 nitrogen and oxygen atoms in total. The summed E-state index contributed by atoms with van der Waals surface area (Å²) in [6.45, 7) is 3.52. The summed E-state index contributed by atoms with van der Waals surface area (Å²) < 4.78 is 31.1. The molecule has 0 aliphatic heterocycles. The minimum absolute atomic E-state index is 0.0395. The first kappa shape index (κ1) is 10.2. The molecule has 0 unspecified atom stereocenters. The Labute approximate surface area is 83.1 Å². The van der Waals surface area contributed by atoms with E-state index in [1.807, 2.05) is 0 Å². The van der Waals surface area contributed by atoms with E-state index in [-0.39, 0.29) is 12.4 Å². The highest BCUT2D eigenvalue weighted by Gasteiger charge is 2.08. The third kappa shape index (κ3) is 2.81. The molecular weight excluding hydrogens is 242 g/mol. The topological polar surface area (TPSA) is 9.23 Å². The maximum atomic E-state index is 12.9. The van der Waals surface area contributed by atoms with Gasteiger partial charge < -0.3 is 4.74 Å². The first-order chi connectivity index (χ1) is 6.11. The average Bonchev–Trinajstić information content (AvgIpc) is 2.03.